The third-order valence-corrected chi connectivity index (χ3v) is 3.49. The number of nitrogens with one attached hydrogen (secondary N) is 1. The number of ether oxygens (including phenoxy) is 1. The molecule has 0 bridgehead atoms. The summed E-state index contributed by atoms with van der Waals surface area (Å²) in [6, 6.07) is 10.3. The van der Waals surface area contributed by atoms with Crippen molar-refractivity contribution in [1.82, 2.24) is 4.98 Å². The predicted molar refractivity (Wildman–Crippen MR) is 76.5 cm³/mol. The lowest BCUT2D eigenvalue weighted by atomic mass is 10.1. The number of anilines is 1. The Hall–Kier alpha value is -1.88. The number of hydrogen-bond donors (Lipinski definition) is 1. The molecule has 0 aliphatic heterocycles. The molecule has 2 rings (SSSR count). The second-order valence-corrected chi connectivity index (χ2v) is 4.92. The lowest BCUT2D eigenvalue weighted by Gasteiger charge is -2.02. The monoisotopic (exact) mass is 276 g/mol. The molecule has 19 heavy (non-hydrogen) atoms. The predicted octanol–water partition coefficient (Wildman–Crippen LogP) is 2.51. The number of methoxy groups -OCH3 is 1. The van der Waals surface area contributed by atoms with Crippen LogP contribution in [0.25, 0.3) is 0 Å². The average Bonchev–Trinajstić information content (AvgIpc) is 2.87. The molecule has 0 atom stereocenters. The maximum absolute atomic E-state index is 11.1. The van der Waals surface area contributed by atoms with Crippen LogP contribution in [0.4, 0.5) is 5.13 Å². The van der Waals surface area contributed by atoms with Gasteiger partial charge in [0.25, 0.3) is 0 Å². The van der Waals surface area contributed by atoms with Crippen molar-refractivity contribution in [3.8, 4) is 0 Å². The molecule has 4 nitrogen and oxygen atoms in total. The quantitative estimate of drug-likeness (QED) is 0.824. The first-order valence-electron chi connectivity index (χ1n) is 6.07. The normalized spacial score (nSPS) is 10.2. The van der Waals surface area contributed by atoms with Gasteiger partial charge in [-0.05, 0) is 12.0 Å². The first-order valence-corrected chi connectivity index (χ1v) is 6.95. The molecule has 0 amide bonds. The Balaban J connectivity index is 1.79. The van der Waals surface area contributed by atoms with Crippen molar-refractivity contribution < 1.29 is 9.53 Å². The molecule has 0 aliphatic rings. The van der Waals surface area contributed by atoms with E-state index in [9.17, 15) is 4.79 Å². The number of carbonyl (C=O) groups excluding carboxylic acids is 1. The van der Waals surface area contributed by atoms with Gasteiger partial charge < -0.3 is 10.1 Å². The fourth-order valence-corrected chi connectivity index (χ4v) is 2.39. The Kier molecular flexibility index (Phi) is 4.92. The van der Waals surface area contributed by atoms with E-state index in [1.807, 2.05) is 23.6 Å². The number of thiazole rings is 1. The van der Waals surface area contributed by atoms with Crippen LogP contribution < -0.4 is 5.32 Å². The summed E-state index contributed by atoms with van der Waals surface area (Å²) in [5, 5.41) is 5.98. The third-order valence-electron chi connectivity index (χ3n) is 2.64. The van der Waals surface area contributed by atoms with Gasteiger partial charge in [-0.1, -0.05) is 30.3 Å². The van der Waals surface area contributed by atoms with Gasteiger partial charge in [0.2, 0.25) is 0 Å². The van der Waals surface area contributed by atoms with Crippen LogP contribution in [-0.2, 0) is 22.4 Å². The van der Waals surface area contributed by atoms with Crippen molar-refractivity contribution in [3.63, 3.8) is 0 Å². The topological polar surface area (TPSA) is 51.2 Å². The van der Waals surface area contributed by atoms with Gasteiger partial charge in [-0.15, -0.1) is 11.3 Å². The molecule has 0 spiro atoms. The lowest BCUT2D eigenvalue weighted by molar-refractivity contribution is -0.139. The van der Waals surface area contributed by atoms with Crippen molar-refractivity contribution in [3.05, 3.63) is 47.0 Å². The van der Waals surface area contributed by atoms with Gasteiger partial charge in [-0.3, -0.25) is 4.79 Å². The van der Waals surface area contributed by atoms with E-state index in [0.29, 0.717) is 0 Å². The summed E-state index contributed by atoms with van der Waals surface area (Å²) in [5.41, 5.74) is 2.04. The van der Waals surface area contributed by atoms with E-state index in [1.54, 1.807) is 0 Å². The Morgan fingerprint density at radius 1 is 1.37 bits per heavy atom. The highest BCUT2D eigenvalue weighted by Crippen LogP contribution is 2.16. The van der Waals surface area contributed by atoms with E-state index in [-0.39, 0.29) is 12.4 Å². The molecular formula is C14H16N2O2S. The zero-order valence-electron chi connectivity index (χ0n) is 10.8. The maximum Gasteiger partial charge on any atom is 0.311 e. The second kappa shape index (κ2) is 6.89. The number of carbonyl (C=O) groups is 1. The summed E-state index contributed by atoms with van der Waals surface area (Å²) in [6.07, 6.45) is 1.18. The first-order chi connectivity index (χ1) is 9.28. The fraction of sp³-hybridized carbons (Fsp3) is 0.286. The number of aromatic nitrogens is 1. The minimum atomic E-state index is -0.263. The van der Waals surface area contributed by atoms with E-state index >= 15 is 0 Å². The number of nitrogens with zero attached hydrogens (tertiary/aromatic N) is 1. The van der Waals surface area contributed by atoms with E-state index in [1.165, 1.54) is 24.0 Å². The number of rotatable bonds is 6. The maximum atomic E-state index is 11.1. The van der Waals surface area contributed by atoms with Gasteiger partial charge in [0.15, 0.2) is 5.13 Å². The number of hydrogen-bond acceptors (Lipinski definition) is 5. The molecule has 0 aliphatic carbocycles. The van der Waals surface area contributed by atoms with Crippen molar-refractivity contribution in [2.75, 3.05) is 19.0 Å². The smallest absolute Gasteiger partial charge is 0.311 e. The van der Waals surface area contributed by atoms with Crippen LogP contribution >= 0.6 is 11.3 Å². The molecule has 2 aromatic rings. The summed E-state index contributed by atoms with van der Waals surface area (Å²) < 4.78 is 4.61. The van der Waals surface area contributed by atoms with Gasteiger partial charge in [-0.25, -0.2) is 4.98 Å². The Morgan fingerprint density at radius 3 is 2.89 bits per heavy atom. The van der Waals surface area contributed by atoms with E-state index in [4.69, 9.17) is 0 Å². The molecule has 100 valence electrons. The fourth-order valence-electron chi connectivity index (χ4n) is 1.65. The minimum absolute atomic E-state index is 0.230. The highest BCUT2D eigenvalue weighted by molar-refractivity contribution is 7.13. The van der Waals surface area contributed by atoms with Gasteiger partial charge in [-0.2, -0.15) is 0 Å². The van der Waals surface area contributed by atoms with Crippen molar-refractivity contribution in [2.24, 2.45) is 0 Å². The Labute approximate surface area is 116 Å². The highest BCUT2D eigenvalue weighted by Gasteiger charge is 2.07. The van der Waals surface area contributed by atoms with Gasteiger partial charge in [0, 0.05) is 11.9 Å². The largest absolute Gasteiger partial charge is 0.469 e. The molecular weight excluding hydrogens is 260 g/mol. The summed E-state index contributed by atoms with van der Waals surface area (Å²) >= 11 is 1.51. The van der Waals surface area contributed by atoms with Crippen LogP contribution in [0.3, 0.4) is 0 Å². The Morgan fingerprint density at radius 2 is 2.16 bits per heavy atom. The summed E-state index contributed by atoms with van der Waals surface area (Å²) in [5.74, 6) is -0.263. The molecule has 5 heteroatoms. The van der Waals surface area contributed by atoms with Gasteiger partial charge in [0.1, 0.15) is 0 Å². The molecule has 0 fully saturated rings. The van der Waals surface area contributed by atoms with Crippen LogP contribution in [0.1, 0.15) is 11.3 Å². The van der Waals surface area contributed by atoms with Crippen molar-refractivity contribution >= 4 is 22.4 Å². The molecule has 1 heterocycles. The number of benzene rings is 1. The summed E-state index contributed by atoms with van der Waals surface area (Å²) in [4.78, 5) is 15.4. The summed E-state index contributed by atoms with van der Waals surface area (Å²) in [6.45, 7) is 0.829. The zero-order chi connectivity index (χ0) is 13.5. The van der Waals surface area contributed by atoms with Gasteiger partial charge in [0.05, 0.1) is 19.2 Å². The van der Waals surface area contributed by atoms with Crippen LogP contribution in [0, 0.1) is 0 Å². The second-order valence-electron chi connectivity index (χ2n) is 4.06. The van der Waals surface area contributed by atoms with E-state index in [2.05, 4.69) is 27.2 Å². The molecule has 1 aromatic carbocycles. The standard InChI is InChI=1S/C14H16N2O2S/c1-18-13(17)9-12-10-19-14(16-12)15-8-7-11-5-3-2-4-6-11/h2-6,10H,7-9H2,1H3,(H,15,16). The molecule has 0 saturated carbocycles. The first kappa shape index (κ1) is 13.5. The zero-order valence-corrected chi connectivity index (χ0v) is 11.6. The SMILES string of the molecule is COC(=O)Cc1csc(NCCc2ccccc2)n1. The Bertz CT molecular complexity index is 525. The highest BCUT2D eigenvalue weighted by atomic mass is 32.1. The van der Waals surface area contributed by atoms with E-state index in [0.717, 1.165) is 23.8 Å². The molecule has 0 radical (unpaired) electrons. The lowest BCUT2D eigenvalue weighted by Crippen LogP contribution is -2.06. The van der Waals surface area contributed by atoms with Crippen LogP contribution in [0.15, 0.2) is 35.7 Å². The molecule has 1 N–H and O–H groups in total. The third kappa shape index (κ3) is 4.37. The van der Waals surface area contributed by atoms with Crippen LogP contribution in [0.2, 0.25) is 0 Å². The summed E-state index contributed by atoms with van der Waals surface area (Å²) in [7, 11) is 1.38. The van der Waals surface area contributed by atoms with Crippen molar-refractivity contribution in [1.29, 1.82) is 0 Å². The molecule has 0 unspecified atom stereocenters. The molecule has 0 saturated heterocycles. The molecule has 1 aromatic heterocycles. The van der Waals surface area contributed by atoms with Crippen LogP contribution in [-0.4, -0.2) is 24.6 Å². The van der Waals surface area contributed by atoms with Crippen LogP contribution in [0.5, 0.6) is 0 Å². The minimum Gasteiger partial charge on any atom is -0.469 e. The van der Waals surface area contributed by atoms with E-state index < -0.39 is 0 Å². The van der Waals surface area contributed by atoms with Gasteiger partial charge >= 0.3 is 5.97 Å². The van der Waals surface area contributed by atoms with Crippen molar-refractivity contribution in [2.45, 2.75) is 12.8 Å². The number of esters is 1. The average molecular weight is 276 g/mol.